The fraction of sp³-hybridized carbons (Fsp3) is 0.240. The zero-order valence-electron chi connectivity index (χ0n) is 19.5. The van der Waals surface area contributed by atoms with E-state index in [9.17, 15) is 9.18 Å². The summed E-state index contributed by atoms with van der Waals surface area (Å²) in [5, 5.41) is 6.17. The number of aromatic amines is 1. The molecule has 0 saturated heterocycles. The van der Waals surface area contributed by atoms with Crippen LogP contribution in [-0.2, 0) is 19.9 Å². The summed E-state index contributed by atoms with van der Waals surface area (Å²) in [6.45, 7) is 2.55. The average Bonchev–Trinajstić information content (AvgIpc) is 3.42. The van der Waals surface area contributed by atoms with Crippen molar-refractivity contribution in [3.8, 4) is 17.0 Å². The normalized spacial score (nSPS) is 12.8. The molecule has 1 aliphatic heterocycles. The van der Waals surface area contributed by atoms with Gasteiger partial charge in [0.25, 0.3) is 5.91 Å². The molecule has 1 aliphatic rings. The Morgan fingerprint density at radius 1 is 1.29 bits per heavy atom. The van der Waals surface area contributed by atoms with E-state index in [2.05, 4.69) is 25.6 Å². The number of amides is 1. The molecule has 0 unspecified atom stereocenters. The number of ether oxygens (including phenoxy) is 1. The Kier molecular flexibility index (Phi) is 5.86. The van der Waals surface area contributed by atoms with Crippen LogP contribution in [0.5, 0.6) is 5.75 Å². The summed E-state index contributed by atoms with van der Waals surface area (Å²) >= 11 is 0. The zero-order chi connectivity index (χ0) is 24.5. The second kappa shape index (κ2) is 9.13. The number of pyridine rings is 1. The molecule has 180 valence electrons. The van der Waals surface area contributed by atoms with Crippen molar-refractivity contribution < 1.29 is 13.9 Å². The third-order valence-electron chi connectivity index (χ3n) is 6.06. The quantitative estimate of drug-likeness (QED) is 0.325. The van der Waals surface area contributed by atoms with E-state index in [0.29, 0.717) is 65.5 Å². The van der Waals surface area contributed by atoms with Gasteiger partial charge < -0.3 is 30.7 Å². The molecule has 0 atom stereocenters. The first-order valence-electron chi connectivity index (χ1n) is 11.3. The molecule has 35 heavy (non-hydrogen) atoms. The third kappa shape index (κ3) is 4.30. The van der Waals surface area contributed by atoms with Gasteiger partial charge in [0.2, 0.25) is 0 Å². The van der Waals surface area contributed by atoms with E-state index < -0.39 is 0 Å². The number of carbonyl (C=O) groups excluding carboxylic acids is 1. The maximum absolute atomic E-state index is 14.3. The maximum atomic E-state index is 14.3. The number of nitrogens with one attached hydrogen (secondary N) is 3. The number of carbonyl (C=O) groups is 1. The first kappa shape index (κ1) is 22.5. The SMILES string of the molecule is Cc1c(F)cccc1Nc1c(-c2ccnc(N)c2OCCc2cn(C)cn2)[nH]c2c1C(=O)NCC2. The highest BCUT2D eigenvalue weighted by molar-refractivity contribution is 6.06. The van der Waals surface area contributed by atoms with Crippen molar-refractivity contribution in [3.63, 3.8) is 0 Å². The Morgan fingerprint density at radius 2 is 2.14 bits per heavy atom. The van der Waals surface area contributed by atoms with Gasteiger partial charge >= 0.3 is 0 Å². The molecule has 1 aromatic carbocycles. The number of nitrogens with zero attached hydrogens (tertiary/aromatic N) is 3. The summed E-state index contributed by atoms with van der Waals surface area (Å²) in [4.78, 5) is 24.8. The Morgan fingerprint density at radius 3 is 2.94 bits per heavy atom. The Balaban J connectivity index is 1.56. The Bertz CT molecular complexity index is 1410. The van der Waals surface area contributed by atoms with E-state index in [1.54, 1.807) is 37.6 Å². The summed E-state index contributed by atoms with van der Waals surface area (Å²) in [5.74, 6) is 0.0944. The minimum absolute atomic E-state index is 0.204. The molecule has 0 saturated carbocycles. The van der Waals surface area contributed by atoms with Crippen LogP contribution in [0.15, 0.2) is 43.0 Å². The molecule has 0 radical (unpaired) electrons. The van der Waals surface area contributed by atoms with Crippen molar-refractivity contribution in [1.82, 2.24) is 24.8 Å². The lowest BCUT2D eigenvalue weighted by molar-refractivity contribution is 0.0947. The number of fused-ring (bicyclic) bond motifs is 1. The minimum atomic E-state index is -0.336. The predicted octanol–water partition coefficient (Wildman–Crippen LogP) is 3.49. The highest BCUT2D eigenvalue weighted by atomic mass is 19.1. The monoisotopic (exact) mass is 475 g/mol. The van der Waals surface area contributed by atoms with Gasteiger partial charge in [0.05, 0.1) is 35.6 Å². The molecule has 4 heterocycles. The number of benzene rings is 1. The molecular formula is C25H26FN7O2. The molecule has 3 aromatic heterocycles. The van der Waals surface area contributed by atoms with Gasteiger partial charge in [-0.2, -0.15) is 0 Å². The molecule has 9 nitrogen and oxygen atoms in total. The van der Waals surface area contributed by atoms with Crippen LogP contribution in [0.4, 0.5) is 21.6 Å². The molecule has 0 aliphatic carbocycles. The zero-order valence-corrected chi connectivity index (χ0v) is 19.5. The summed E-state index contributed by atoms with van der Waals surface area (Å²) in [7, 11) is 1.91. The lowest BCUT2D eigenvalue weighted by Gasteiger charge is -2.17. The highest BCUT2D eigenvalue weighted by Crippen LogP contribution is 2.42. The third-order valence-corrected chi connectivity index (χ3v) is 6.06. The molecule has 4 aromatic rings. The molecule has 0 spiro atoms. The standard InChI is InChI=1S/C25H26FN7O2/c1-14-17(26)4-3-5-18(14)31-22-20-19(7-10-29-25(20)34)32-21(22)16-6-9-28-24(27)23(16)35-11-8-15-12-33(2)13-30-15/h3-6,9,12-13,31-32H,7-8,10-11H2,1-2H3,(H2,27,28)(H,29,34). The van der Waals surface area contributed by atoms with Crippen LogP contribution >= 0.6 is 0 Å². The number of hydrogen-bond donors (Lipinski definition) is 4. The topological polar surface area (TPSA) is 123 Å². The molecule has 0 fully saturated rings. The number of aryl methyl sites for hydroxylation is 1. The van der Waals surface area contributed by atoms with Crippen molar-refractivity contribution in [1.29, 1.82) is 0 Å². The molecular weight excluding hydrogens is 449 g/mol. The number of imidazole rings is 1. The maximum Gasteiger partial charge on any atom is 0.255 e. The van der Waals surface area contributed by atoms with Gasteiger partial charge in [-0.05, 0) is 25.1 Å². The van der Waals surface area contributed by atoms with Crippen molar-refractivity contribution in [2.45, 2.75) is 19.8 Å². The smallest absolute Gasteiger partial charge is 0.255 e. The van der Waals surface area contributed by atoms with Crippen LogP contribution < -0.4 is 21.1 Å². The summed E-state index contributed by atoms with van der Waals surface area (Å²) < 4.78 is 22.2. The number of aromatic nitrogens is 4. The lowest BCUT2D eigenvalue weighted by Crippen LogP contribution is -2.31. The van der Waals surface area contributed by atoms with E-state index >= 15 is 0 Å². The van der Waals surface area contributed by atoms with Crippen molar-refractivity contribution in [2.75, 3.05) is 24.2 Å². The number of H-pyrrole nitrogens is 1. The second-order valence-corrected chi connectivity index (χ2v) is 8.47. The van der Waals surface area contributed by atoms with Crippen LogP contribution in [-0.4, -0.2) is 38.6 Å². The molecule has 5 rings (SSSR count). The first-order valence-corrected chi connectivity index (χ1v) is 11.3. The minimum Gasteiger partial charge on any atom is -0.489 e. The van der Waals surface area contributed by atoms with E-state index in [4.69, 9.17) is 10.5 Å². The Hall–Kier alpha value is -4.34. The fourth-order valence-electron chi connectivity index (χ4n) is 4.25. The van der Waals surface area contributed by atoms with Crippen molar-refractivity contribution >= 4 is 23.1 Å². The summed E-state index contributed by atoms with van der Waals surface area (Å²) in [5.41, 5.74) is 11.2. The van der Waals surface area contributed by atoms with Crippen LogP contribution in [0.3, 0.4) is 0 Å². The molecule has 5 N–H and O–H groups in total. The predicted molar refractivity (Wildman–Crippen MR) is 131 cm³/mol. The molecule has 0 bridgehead atoms. The van der Waals surface area contributed by atoms with Gasteiger partial charge in [-0.1, -0.05) is 6.07 Å². The van der Waals surface area contributed by atoms with Gasteiger partial charge in [-0.3, -0.25) is 4.79 Å². The van der Waals surface area contributed by atoms with E-state index in [1.165, 1.54) is 6.07 Å². The fourth-order valence-corrected chi connectivity index (χ4v) is 4.25. The first-order chi connectivity index (χ1) is 16.9. The number of halogens is 1. The molecule has 10 heteroatoms. The van der Waals surface area contributed by atoms with Crippen LogP contribution in [0, 0.1) is 12.7 Å². The second-order valence-electron chi connectivity index (χ2n) is 8.47. The van der Waals surface area contributed by atoms with Crippen LogP contribution in [0.2, 0.25) is 0 Å². The number of nitrogens with two attached hydrogens (primary N) is 1. The number of nitrogen functional groups attached to an aromatic ring is 1. The summed E-state index contributed by atoms with van der Waals surface area (Å²) in [6, 6.07) is 6.58. The number of hydrogen-bond acceptors (Lipinski definition) is 6. The van der Waals surface area contributed by atoms with Gasteiger partial charge in [0.15, 0.2) is 11.6 Å². The van der Waals surface area contributed by atoms with Gasteiger partial charge in [0.1, 0.15) is 5.82 Å². The number of rotatable bonds is 7. The van der Waals surface area contributed by atoms with E-state index in [1.807, 2.05) is 17.8 Å². The van der Waals surface area contributed by atoms with Crippen LogP contribution in [0.25, 0.3) is 11.3 Å². The Labute approximate surface area is 201 Å². The van der Waals surface area contributed by atoms with Gasteiger partial charge in [0, 0.05) is 61.3 Å². The highest BCUT2D eigenvalue weighted by Gasteiger charge is 2.29. The average molecular weight is 476 g/mol. The van der Waals surface area contributed by atoms with E-state index in [-0.39, 0.29) is 17.5 Å². The summed E-state index contributed by atoms with van der Waals surface area (Å²) in [6.07, 6.45) is 6.48. The van der Waals surface area contributed by atoms with Gasteiger partial charge in [-0.15, -0.1) is 0 Å². The lowest BCUT2D eigenvalue weighted by atomic mass is 10.0. The largest absolute Gasteiger partial charge is 0.489 e. The van der Waals surface area contributed by atoms with Crippen molar-refractivity contribution in [2.24, 2.45) is 7.05 Å². The van der Waals surface area contributed by atoms with Crippen LogP contribution in [0.1, 0.15) is 27.3 Å². The van der Waals surface area contributed by atoms with E-state index in [0.717, 1.165) is 11.4 Å². The molecule has 1 amide bonds. The number of anilines is 3. The van der Waals surface area contributed by atoms with Gasteiger partial charge in [-0.25, -0.2) is 14.4 Å². The van der Waals surface area contributed by atoms with Crippen molar-refractivity contribution in [3.05, 3.63) is 71.3 Å².